The minimum Gasteiger partial charge on any atom is -0.0835 e. The van der Waals surface area contributed by atoms with Crippen LogP contribution in [0.3, 0.4) is 0 Å². The van der Waals surface area contributed by atoms with Gasteiger partial charge in [0, 0.05) is 10.7 Å². The average molecular weight is 233 g/mol. The summed E-state index contributed by atoms with van der Waals surface area (Å²) in [5, 5.41) is 0. The zero-order valence-electron chi connectivity index (χ0n) is 7.07. The van der Waals surface area contributed by atoms with Gasteiger partial charge >= 0.3 is 0 Å². The SMILES string of the molecule is BrC1C=CC2=C3C(=CC=CC31)C=C2. The maximum Gasteiger partial charge on any atom is 0.0432 e. The molecule has 64 valence electrons. The lowest BCUT2D eigenvalue weighted by molar-refractivity contribution is 0.794. The monoisotopic (exact) mass is 232 g/mol. The maximum atomic E-state index is 3.69. The van der Waals surface area contributed by atoms with Crippen LogP contribution in [0.25, 0.3) is 0 Å². The van der Waals surface area contributed by atoms with E-state index in [0.29, 0.717) is 10.7 Å². The summed E-state index contributed by atoms with van der Waals surface area (Å²) in [6.07, 6.45) is 15.5. The van der Waals surface area contributed by atoms with Crippen molar-refractivity contribution in [3.05, 3.63) is 59.3 Å². The summed E-state index contributed by atoms with van der Waals surface area (Å²) in [6.45, 7) is 0. The van der Waals surface area contributed by atoms with E-state index in [0.717, 1.165) is 0 Å². The molecule has 0 bridgehead atoms. The summed E-state index contributed by atoms with van der Waals surface area (Å²) in [5.41, 5.74) is 4.26. The van der Waals surface area contributed by atoms with Crippen LogP contribution in [0.4, 0.5) is 0 Å². The van der Waals surface area contributed by atoms with Crippen molar-refractivity contribution in [2.75, 3.05) is 0 Å². The number of hydrogen-bond acceptors (Lipinski definition) is 0. The molecule has 0 fully saturated rings. The summed E-state index contributed by atoms with van der Waals surface area (Å²) in [4.78, 5) is 0.464. The molecular formula is C12H9Br. The highest BCUT2D eigenvalue weighted by Crippen LogP contribution is 2.41. The molecule has 3 aliphatic rings. The third-order valence-corrected chi connectivity index (χ3v) is 3.67. The van der Waals surface area contributed by atoms with Gasteiger partial charge in [-0.25, -0.2) is 0 Å². The van der Waals surface area contributed by atoms with E-state index in [2.05, 4.69) is 58.5 Å². The van der Waals surface area contributed by atoms with Gasteiger partial charge in [0.15, 0.2) is 0 Å². The van der Waals surface area contributed by atoms with Crippen molar-refractivity contribution in [3.8, 4) is 0 Å². The van der Waals surface area contributed by atoms with Gasteiger partial charge in [-0.2, -0.15) is 0 Å². The molecule has 0 N–H and O–H groups in total. The van der Waals surface area contributed by atoms with Crippen LogP contribution in [-0.4, -0.2) is 4.83 Å². The molecule has 3 rings (SSSR count). The van der Waals surface area contributed by atoms with Crippen molar-refractivity contribution >= 4 is 15.9 Å². The highest BCUT2D eigenvalue weighted by atomic mass is 79.9. The van der Waals surface area contributed by atoms with Crippen molar-refractivity contribution in [3.63, 3.8) is 0 Å². The molecule has 1 heteroatoms. The molecular weight excluding hydrogens is 224 g/mol. The van der Waals surface area contributed by atoms with E-state index in [1.165, 1.54) is 16.7 Å². The van der Waals surface area contributed by atoms with E-state index in [1.54, 1.807) is 0 Å². The number of halogens is 1. The fourth-order valence-corrected chi connectivity index (χ4v) is 2.75. The van der Waals surface area contributed by atoms with Crippen LogP contribution in [0.5, 0.6) is 0 Å². The normalized spacial score (nSPS) is 33.8. The van der Waals surface area contributed by atoms with E-state index in [-0.39, 0.29) is 0 Å². The minimum atomic E-state index is 0.464. The summed E-state index contributed by atoms with van der Waals surface area (Å²) in [5.74, 6) is 0.537. The molecule has 0 spiro atoms. The average Bonchev–Trinajstić information content (AvgIpc) is 2.57. The quantitative estimate of drug-likeness (QED) is 0.563. The largest absolute Gasteiger partial charge is 0.0835 e. The standard InChI is InChI=1S/C12H9Br/c13-11-7-6-9-5-4-8-2-1-3-10(11)12(8)9/h1-7,10-11H. The van der Waals surface area contributed by atoms with Crippen LogP contribution in [0.1, 0.15) is 0 Å². The van der Waals surface area contributed by atoms with Gasteiger partial charge in [0.1, 0.15) is 0 Å². The van der Waals surface area contributed by atoms with Crippen molar-refractivity contribution in [2.45, 2.75) is 4.83 Å². The third-order valence-electron chi connectivity index (χ3n) is 2.79. The number of allylic oxidation sites excluding steroid dienone is 10. The van der Waals surface area contributed by atoms with Crippen LogP contribution in [0.2, 0.25) is 0 Å². The first-order valence-corrected chi connectivity index (χ1v) is 5.41. The summed E-state index contributed by atoms with van der Waals surface area (Å²) >= 11 is 3.69. The zero-order chi connectivity index (χ0) is 8.84. The van der Waals surface area contributed by atoms with E-state index in [4.69, 9.17) is 0 Å². The fourth-order valence-electron chi connectivity index (χ4n) is 2.16. The second kappa shape index (κ2) is 2.58. The maximum absolute atomic E-state index is 3.69. The van der Waals surface area contributed by atoms with Gasteiger partial charge in [0.2, 0.25) is 0 Å². The fraction of sp³-hybridized carbons (Fsp3) is 0.167. The van der Waals surface area contributed by atoms with Crippen LogP contribution in [0, 0.1) is 5.92 Å². The van der Waals surface area contributed by atoms with E-state index in [1.807, 2.05) is 0 Å². The highest BCUT2D eigenvalue weighted by Gasteiger charge is 2.29. The molecule has 0 saturated carbocycles. The molecule has 0 heterocycles. The Morgan fingerprint density at radius 1 is 1.08 bits per heavy atom. The molecule has 0 aromatic carbocycles. The van der Waals surface area contributed by atoms with Crippen LogP contribution >= 0.6 is 15.9 Å². The molecule has 0 aromatic heterocycles. The Kier molecular flexibility index (Phi) is 1.50. The Bertz CT molecular complexity index is 405. The van der Waals surface area contributed by atoms with Crippen molar-refractivity contribution in [1.29, 1.82) is 0 Å². The van der Waals surface area contributed by atoms with Gasteiger partial charge in [-0.3, -0.25) is 0 Å². The Labute approximate surface area is 86.2 Å². The molecule has 13 heavy (non-hydrogen) atoms. The molecule has 3 aliphatic carbocycles. The van der Waals surface area contributed by atoms with E-state index >= 15 is 0 Å². The lowest BCUT2D eigenvalue weighted by Crippen LogP contribution is -2.18. The predicted octanol–water partition coefficient (Wildman–Crippen LogP) is 3.30. The first-order valence-electron chi connectivity index (χ1n) is 4.49. The van der Waals surface area contributed by atoms with Gasteiger partial charge in [-0.1, -0.05) is 58.5 Å². The van der Waals surface area contributed by atoms with E-state index in [9.17, 15) is 0 Å². The van der Waals surface area contributed by atoms with Crippen LogP contribution in [-0.2, 0) is 0 Å². The predicted molar refractivity (Wildman–Crippen MR) is 58.7 cm³/mol. The van der Waals surface area contributed by atoms with Crippen molar-refractivity contribution in [1.82, 2.24) is 0 Å². The van der Waals surface area contributed by atoms with Crippen LogP contribution < -0.4 is 0 Å². The highest BCUT2D eigenvalue weighted by molar-refractivity contribution is 9.09. The molecule has 0 nitrogen and oxygen atoms in total. The zero-order valence-corrected chi connectivity index (χ0v) is 8.66. The van der Waals surface area contributed by atoms with E-state index < -0.39 is 0 Å². The van der Waals surface area contributed by atoms with Gasteiger partial charge in [0.25, 0.3) is 0 Å². The Morgan fingerprint density at radius 3 is 2.92 bits per heavy atom. The van der Waals surface area contributed by atoms with Gasteiger partial charge in [-0.15, -0.1) is 0 Å². The summed E-state index contributed by atoms with van der Waals surface area (Å²) in [7, 11) is 0. The smallest absolute Gasteiger partial charge is 0.0432 e. The lowest BCUT2D eigenvalue weighted by atomic mass is 9.83. The van der Waals surface area contributed by atoms with Gasteiger partial charge in [-0.05, 0) is 16.7 Å². The van der Waals surface area contributed by atoms with Crippen molar-refractivity contribution in [2.24, 2.45) is 5.92 Å². The summed E-state index contributed by atoms with van der Waals surface area (Å²) in [6, 6.07) is 0. The van der Waals surface area contributed by atoms with Gasteiger partial charge in [0.05, 0.1) is 0 Å². The molecule has 2 unspecified atom stereocenters. The second-order valence-corrected chi connectivity index (χ2v) is 4.60. The first-order chi connectivity index (χ1) is 6.36. The third kappa shape index (κ3) is 0.969. The number of hydrogen-bond donors (Lipinski definition) is 0. The molecule has 0 radical (unpaired) electrons. The molecule has 0 saturated heterocycles. The number of alkyl halides is 1. The first kappa shape index (κ1) is 7.57. The lowest BCUT2D eigenvalue weighted by Gasteiger charge is -2.26. The number of rotatable bonds is 0. The van der Waals surface area contributed by atoms with Crippen LogP contribution in [0.15, 0.2) is 59.3 Å². The molecule has 0 amide bonds. The Balaban J connectivity index is 2.21. The second-order valence-electron chi connectivity index (χ2n) is 3.54. The molecule has 2 atom stereocenters. The minimum absolute atomic E-state index is 0.464. The molecule has 0 aliphatic heterocycles. The summed E-state index contributed by atoms with van der Waals surface area (Å²) < 4.78 is 0. The van der Waals surface area contributed by atoms with Gasteiger partial charge < -0.3 is 0 Å². The Hall–Kier alpha value is -0.820. The topological polar surface area (TPSA) is 0 Å². The molecule has 0 aromatic rings. The Morgan fingerprint density at radius 2 is 2.00 bits per heavy atom. The van der Waals surface area contributed by atoms with Crippen molar-refractivity contribution < 1.29 is 0 Å².